The number of nitrogens with one attached hydrogen (secondary N) is 2. The fourth-order valence-electron chi connectivity index (χ4n) is 3.48. The van der Waals surface area contributed by atoms with E-state index >= 15 is 0 Å². The molecular formula is C28H34N2O6. The smallest absolute Gasteiger partial charge is 0.408 e. The molecule has 2 N–H and O–H groups in total. The highest BCUT2D eigenvalue weighted by molar-refractivity contribution is 5.97. The number of anilines is 1. The molecule has 0 spiro atoms. The summed E-state index contributed by atoms with van der Waals surface area (Å²) < 4.78 is 10.2. The van der Waals surface area contributed by atoms with Gasteiger partial charge in [-0.2, -0.15) is 0 Å². The van der Waals surface area contributed by atoms with E-state index in [9.17, 15) is 19.2 Å². The Morgan fingerprint density at radius 3 is 2.11 bits per heavy atom. The summed E-state index contributed by atoms with van der Waals surface area (Å²) in [6.45, 7) is 8.91. The number of benzene rings is 2. The van der Waals surface area contributed by atoms with Crippen LogP contribution in [-0.4, -0.2) is 29.8 Å². The first-order valence-corrected chi connectivity index (χ1v) is 11.8. The third-order valence-electron chi connectivity index (χ3n) is 5.43. The number of ether oxygens (including phenoxy) is 2. The quantitative estimate of drug-likeness (QED) is 0.306. The zero-order valence-corrected chi connectivity index (χ0v) is 21.0. The molecule has 2 atom stereocenters. The van der Waals surface area contributed by atoms with Crippen molar-refractivity contribution in [3.05, 3.63) is 78.4 Å². The number of allylic oxidation sites excluding steroid dienone is 1. The molecular weight excluding hydrogens is 460 g/mol. The molecule has 0 aromatic heterocycles. The molecule has 8 heteroatoms. The van der Waals surface area contributed by atoms with E-state index in [4.69, 9.17) is 9.47 Å². The number of amides is 2. The fraction of sp³-hybridized carbons (Fsp3) is 0.357. The third-order valence-corrected chi connectivity index (χ3v) is 5.43. The summed E-state index contributed by atoms with van der Waals surface area (Å²) in [5.74, 6) is -1.81. The minimum Gasteiger partial charge on any atom is -0.461 e. The second-order valence-corrected chi connectivity index (χ2v) is 8.79. The van der Waals surface area contributed by atoms with Crippen molar-refractivity contribution in [2.45, 2.75) is 52.9 Å². The highest BCUT2D eigenvalue weighted by atomic mass is 16.5. The van der Waals surface area contributed by atoms with E-state index in [2.05, 4.69) is 17.2 Å². The monoisotopic (exact) mass is 494 g/mol. The van der Waals surface area contributed by atoms with Gasteiger partial charge in [0.2, 0.25) is 5.91 Å². The normalized spacial score (nSPS) is 12.2. The summed E-state index contributed by atoms with van der Waals surface area (Å²) in [5.41, 5.74) is 2.17. The van der Waals surface area contributed by atoms with Crippen LogP contribution in [0.15, 0.2) is 67.3 Å². The van der Waals surface area contributed by atoms with Gasteiger partial charge in [0, 0.05) is 24.9 Å². The van der Waals surface area contributed by atoms with Gasteiger partial charge in [-0.15, -0.1) is 6.58 Å². The number of Topliss-reactive ketones (excluding diaryl/α,β-unsaturated/α-hetero) is 1. The number of esters is 1. The maximum absolute atomic E-state index is 13.1. The number of ketones is 1. The number of carbonyl (C=O) groups excluding carboxylic acids is 4. The number of alkyl carbamates (subject to hydrolysis) is 1. The lowest BCUT2D eigenvalue weighted by atomic mass is 9.90. The molecule has 0 bridgehead atoms. The maximum atomic E-state index is 13.1. The molecule has 0 aliphatic carbocycles. The molecule has 0 saturated heterocycles. The number of carbonyl (C=O) groups is 4. The molecule has 0 fully saturated rings. The van der Waals surface area contributed by atoms with Crippen LogP contribution in [-0.2, 0) is 37.1 Å². The molecule has 2 aromatic rings. The Bertz CT molecular complexity index is 1030. The summed E-state index contributed by atoms with van der Waals surface area (Å²) in [7, 11) is 0. The Morgan fingerprint density at radius 1 is 0.917 bits per heavy atom. The van der Waals surface area contributed by atoms with E-state index in [-0.39, 0.29) is 43.2 Å². The van der Waals surface area contributed by atoms with Gasteiger partial charge in [-0.25, -0.2) is 4.79 Å². The molecule has 0 aliphatic rings. The second kappa shape index (κ2) is 14.5. The van der Waals surface area contributed by atoms with Crippen LogP contribution in [0.5, 0.6) is 0 Å². The van der Waals surface area contributed by atoms with Crippen molar-refractivity contribution in [2.75, 3.05) is 5.32 Å². The van der Waals surface area contributed by atoms with Crippen molar-refractivity contribution in [1.82, 2.24) is 5.32 Å². The standard InChI is InChI=1S/C28H34N2O6/c1-5-9-23(27(33)29-24-14-12-22(13-15-24)17-35-20(4)31)16-25(32)26(19(2)3)30-28(34)36-18-21-10-7-6-8-11-21/h5-8,10-15,19,23,26H,1,9,16-18H2,2-4H3,(H,29,33)(H,30,34)/t23-,26+/m1/s1. The van der Waals surface area contributed by atoms with E-state index in [0.717, 1.165) is 11.1 Å². The van der Waals surface area contributed by atoms with Crippen molar-refractivity contribution in [3.63, 3.8) is 0 Å². The fourth-order valence-corrected chi connectivity index (χ4v) is 3.48. The van der Waals surface area contributed by atoms with Crippen molar-refractivity contribution in [3.8, 4) is 0 Å². The molecule has 192 valence electrons. The van der Waals surface area contributed by atoms with E-state index < -0.39 is 18.1 Å². The largest absolute Gasteiger partial charge is 0.461 e. The van der Waals surface area contributed by atoms with Gasteiger partial charge >= 0.3 is 12.1 Å². The van der Waals surface area contributed by atoms with Crippen LogP contribution < -0.4 is 10.6 Å². The lowest BCUT2D eigenvalue weighted by Crippen LogP contribution is -2.45. The first-order valence-electron chi connectivity index (χ1n) is 11.8. The van der Waals surface area contributed by atoms with Gasteiger partial charge in [-0.1, -0.05) is 62.4 Å². The van der Waals surface area contributed by atoms with Gasteiger partial charge in [0.15, 0.2) is 5.78 Å². The molecule has 0 saturated carbocycles. The number of hydrogen-bond donors (Lipinski definition) is 2. The van der Waals surface area contributed by atoms with E-state index in [1.807, 2.05) is 44.2 Å². The van der Waals surface area contributed by atoms with Crippen molar-refractivity contribution in [2.24, 2.45) is 11.8 Å². The van der Waals surface area contributed by atoms with Crippen LogP contribution in [0.4, 0.5) is 10.5 Å². The van der Waals surface area contributed by atoms with E-state index in [1.54, 1.807) is 30.3 Å². The van der Waals surface area contributed by atoms with Crippen LogP contribution in [0.3, 0.4) is 0 Å². The Hall–Kier alpha value is -3.94. The van der Waals surface area contributed by atoms with Crippen LogP contribution in [0.1, 0.15) is 44.7 Å². The van der Waals surface area contributed by atoms with Crippen molar-refractivity contribution < 1.29 is 28.7 Å². The van der Waals surface area contributed by atoms with Crippen LogP contribution >= 0.6 is 0 Å². The number of rotatable bonds is 13. The topological polar surface area (TPSA) is 111 Å². The Kier molecular flexibility index (Phi) is 11.4. The molecule has 0 aliphatic heterocycles. The highest BCUT2D eigenvalue weighted by Crippen LogP contribution is 2.18. The minimum absolute atomic E-state index is 0.0653. The van der Waals surface area contributed by atoms with Crippen LogP contribution in [0.2, 0.25) is 0 Å². The molecule has 2 amide bonds. The third kappa shape index (κ3) is 9.74. The number of hydrogen-bond acceptors (Lipinski definition) is 6. The lowest BCUT2D eigenvalue weighted by molar-refractivity contribution is -0.142. The predicted octanol–water partition coefficient (Wildman–Crippen LogP) is 4.79. The average molecular weight is 495 g/mol. The Labute approximate surface area is 212 Å². The van der Waals surface area contributed by atoms with Gasteiger partial charge < -0.3 is 20.1 Å². The lowest BCUT2D eigenvalue weighted by Gasteiger charge is -2.23. The summed E-state index contributed by atoms with van der Waals surface area (Å²) >= 11 is 0. The van der Waals surface area contributed by atoms with Crippen LogP contribution in [0, 0.1) is 11.8 Å². The zero-order chi connectivity index (χ0) is 26.5. The second-order valence-electron chi connectivity index (χ2n) is 8.79. The minimum atomic E-state index is -0.797. The summed E-state index contributed by atoms with van der Waals surface area (Å²) in [6, 6.07) is 15.3. The van der Waals surface area contributed by atoms with E-state index in [1.165, 1.54) is 6.92 Å². The molecule has 2 rings (SSSR count). The molecule has 36 heavy (non-hydrogen) atoms. The highest BCUT2D eigenvalue weighted by Gasteiger charge is 2.29. The van der Waals surface area contributed by atoms with Gasteiger partial charge in [-0.3, -0.25) is 14.4 Å². The van der Waals surface area contributed by atoms with E-state index in [0.29, 0.717) is 12.1 Å². The first-order chi connectivity index (χ1) is 17.2. The van der Waals surface area contributed by atoms with Gasteiger partial charge in [0.1, 0.15) is 13.2 Å². The molecule has 2 aromatic carbocycles. The van der Waals surface area contributed by atoms with Gasteiger partial charge in [-0.05, 0) is 35.6 Å². The predicted molar refractivity (Wildman–Crippen MR) is 137 cm³/mol. The summed E-state index contributed by atoms with van der Waals surface area (Å²) in [4.78, 5) is 49.3. The van der Waals surface area contributed by atoms with Gasteiger partial charge in [0.25, 0.3) is 0 Å². The average Bonchev–Trinajstić information content (AvgIpc) is 2.85. The Balaban J connectivity index is 1.96. The summed E-state index contributed by atoms with van der Waals surface area (Å²) in [6.07, 6.45) is 1.13. The zero-order valence-electron chi connectivity index (χ0n) is 21.0. The van der Waals surface area contributed by atoms with Gasteiger partial charge in [0.05, 0.1) is 6.04 Å². The first kappa shape index (κ1) is 28.3. The molecule has 0 unspecified atom stereocenters. The summed E-state index contributed by atoms with van der Waals surface area (Å²) in [5, 5.41) is 5.46. The maximum Gasteiger partial charge on any atom is 0.408 e. The van der Waals surface area contributed by atoms with Crippen LogP contribution in [0.25, 0.3) is 0 Å². The molecule has 0 radical (unpaired) electrons. The van der Waals surface area contributed by atoms with Crippen molar-refractivity contribution >= 4 is 29.4 Å². The van der Waals surface area contributed by atoms with Crippen molar-refractivity contribution in [1.29, 1.82) is 0 Å². The molecule has 0 heterocycles. The Morgan fingerprint density at radius 2 is 1.53 bits per heavy atom. The SMILES string of the molecule is C=CC[C@H](CC(=O)[C@@H](NC(=O)OCc1ccccc1)C(C)C)C(=O)Nc1ccc(COC(C)=O)cc1. The molecule has 8 nitrogen and oxygen atoms in total.